The average Bonchev–Trinajstić information content (AvgIpc) is 2.61. The molecule has 0 amide bonds. The van der Waals surface area contributed by atoms with Crippen LogP contribution in [0, 0.1) is 0 Å². The molecule has 1 aromatic heterocycles. The molecule has 0 N–H and O–H groups in total. The van der Waals surface area contributed by atoms with Crippen molar-refractivity contribution in [3.63, 3.8) is 0 Å². The largest absolute Gasteiger partial charge is 0.489 e. The number of rotatable bonds is 0. The molecule has 0 fully saturated rings. The highest BCUT2D eigenvalue weighted by Crippen LogP contribution is 2.29. The number of fused-ring (bicyclic) bond motifs is 2. The third-order valence-corrected chi connectivity index (χ3v) is 2.22. The summed E-state index contributed by atoms with van der Waals surface area (Å²) in [6, 6.07) is 5.95. The van der Waals surface area contributed by atoms with Crippen LogP contribution < -0.4 is 4.74 Å². The highest BCUT2D eigenvalue weighted by molar-refractivity contribution is 5.83. The van der Waals surface area contributed by atoms with Gasteiger partial charge in [0.05, 0.1) is 6.26 Å². The Kier molecular flexibility index (Phi) is 1.25. The van der Waals surface area contributed by atoms with Gasteiger partial charge in [0.2, 0.25) is 0 Å². The number of ether oxygens (including phenoxy) is 1. The van der Waals surface area contributed by atoms with Crippen LogP contribution in [0.25, 0.3) is 17.0 Å². The van der Waals surface area contributed by atoms with Crippen molar-refractivity contribution in [2.75, 3.05) is 6.61 Å². The van der Waals surface area contributed by atoms with Crippen LogP contribution >= 0.6 is 0 Å². The van der Waals surface area contributed by atoms with Crippen molar-refractivity contribution in [3.05, 3.63) is 36.1 Å². The van der Waals surface area contributed by atoms with Gasteiger partial charge in [-0.2, -0.15) is 0 Å². The minimum absolute atomic E-state index is 0.663. The molecule has 1 aromatic carbocycles. The second kappa shape index (κ2) is 2.39. The van der Waals surface area contributed by atoms with Gasteiger partial charge in [0.15, 0.2) is 0 Å². The van der Waals surface area contributed by atoms with Crippen molar-refractivity contribution < 1.29 is 9.15 Å². The SMILES string of the molecule is C1=Cc2cc3occc3cc2OC1. The van der Waals surface area contributed by atoms with Crippen LogP contribution in [-0.4, -0.2) is 6.61 Å². The molecule has 0 unspecified atom stereocenters. The highest BCUT2D eigenvalue weighted by Gasteiger charge is 2.08. The molecule has 0 saturated heterocycles. The van der Waals surface area contributed by atoms with Crippen molar-refractivity contribution in [1.29, 1.82) is 0 Å². The van der Waals surface area contributed by atoms with E-state index in [-0.39, 0.29) is 0 Å². The van der Waals surface area contributed by atoms with E-state index in [0.717, 1.165) is 22.3 Å². The van der Waals surface area contributed by atoms with Gasteiger partial charge in [-0.25, -0.2) is 0 Å². The zero-order valence-electron chi connectivity index (χ0n) is 6.99. The van der Waals surface area contributed by atoms with Crippen molar-refractivity contribution >= 4 is 17.0 Å². The molecule has 2 heterocycles. The van der Waals surface area contributed by atoms with Crippen molar-refractivity contribution in [2.45, 2.75) is 0 Å². The Morgan fingerprint density at radius 2 is 2.23 bits per heavy atom. The lowest BCUT2D eigenvalue weighted by atomic mass is 10.1. The Bertz CT molecular complexity index is 480. The maximum atomic E-state index is 5.47. The number of benzene rings is 1. The first-order chi connectivity index (χ1) is 6.43. The fraction of sp³-hybridized carbons (Fsp3) is 0.0909. The average molecular weight is 172 g/mol. The van der Waals surface area contributed by atoms with E-state index in [0.29, 0.717) is 6.61 Å². The van der Waals surface area contributed by atoms with E-state index in [9.17, 15) is 0 Å². The summed E-state index contributed by atoms with van der Waals surface area (Å²) in [7, 11) is 0. The minimum atomic E-state index is 0.663. The van der Waals surface area contributed by atoms with Gasteiger partial charge in [0, 0.05) is 10.9 Å². The molecule has 2 aromatic rings. The summed E-state index contributed by atoms with van der Waals surface area (Å²) in [5.41, 5.74) is 2.00. The number of furan rings is 1. The monoisotopic (exact) mass is 172 g/mol. The summed E-state index contributed by atoms with van der Waals surface area (Å²) < 4.78 is 10.8. The second-order valence-electron chi connectivity index (χ2n) is 3.06. The van der Waals surface area contributed by atoms with Gasteiger partial charge in [-0.05, 0) is 24.3 Å². The lowest BCUT2D eigenvalue weighted by molar-refractivity contribution is 0.359. The van der Waals surface area contributed by atoms with E-state index in [1.54, 1.807) is 6.26 Å². The third kappa shape index (κ3) is 0.952. The van der Waals surface area contributed by atoms with E-state index in [1.165, 1.54) is 0 Å². The molecular weight excluding hydrogens is 164 g/mol. The number of hydrogen-bond donors (Lipinski definition) is 0. The van der Waals surface area contributed by atoms with Gasteiger partial charge >= 0.3 is 0 Å². The summed E-state index contributed by atoms with van der Waals surface area (Å²) in [5, 5.41) is 1.09. The van der Waals surface area contributed by atoms with Crippen molar-refractivity contribution in [2.24, 2.45) is 0 Å². The van der Waals surface area contributed by atoms with Crippen LogP contribution in [0.1, 0.15) is 5.56 Å². The minimum Gasteiger partial charge on any atom is -0.489 e. The molecule has 1 aliphatic rings. The van der Waals surface area contributed by atoms with E-state index < -0.39 is 0 Å². The van der Waals surface area contributed by atoms with Gasteiger partial charge in [0.1, 0.15) is 17.9 Å². The van der Waals surface area contributed by atoms with Crippen LogP contribution in [0.3, 0.4) is 0 Å². The Balaban J connectivity index is 2.36. The molecule has 0 atom stereocenters. The molecule has 0 aliphatic carbocycles. The fourth-order valence-electron chi connectivity index (χ4n) is 1.57. The summed E-state index contributed by atoms with van der Waals surface area (Å²) in [5.74, 6) is 0.941. The van der Waals surface area contributed by atoms with Crippen molar-refractivity contribution in [3.8, 4) is 5.75 Å². The zero-order chi connectivity index (χ0) is 8.67. The molecule has 64 valence electrons. The van der Waals surface area contributed by atoms with Crippen LogP contribution in [0.15, 0.2) is 35.0 Å². The van der Waals surface area contributed by atoms with Crippen LogP contribution in [-0.2, 0) is 0 Å². The Morgan fingerprint density at radius 1 is 1.23 bits per heavy atom. The molecule has 2 heteroatoms. The maximum absolute atomic E-state index is 5.47. The van der Waals surface area contributed by atoms with Gasteiger partial charge in [0.25, 0.3) is 0 Å². The van der Waals surface area contributed by atoms with Gasteiger partial charge in [-0.1, -0.05) is 6.08 Å². The molecule has 3 rings (SSSR count). The molecular formula is C11H8O2. The van der Waals surface area contributed by atoms with E-state index >= 15 is 0 Å². The molecule has 0 saturated carbocycles. The summed E-state index contributed by atoms with van der Waals surface area (Å²) in [6.07, 6.45) is 5.75. The first kappa shape index (κ1) is 6.78. The summed E-state index contributed by atoms with van der Waals surface area (Å²) in [4.78, 5) is 0. The standard InChI is InChI=1S/C11H8O2/c1-2-8-6-11-9(3-5-13-11)7-10(8)12-4-1/h1-3,5-7H,4H2. The molecule has 0 radical (unpaired) electrons. The second-order valence-corrected chi connectivity index (χ2v) is 3.06. The van der Waals surface area contributed by atoms with Gasteiger partial charge < -0.3 is 9.15 Å². The lowest BCUT2D eigenvalue weighted by Gasteiger charge is -2.11. The van der Waals surface area contributed by atoms with E-state index in [4.69, 9.17) is 9.15 Å². The maximum Gasteiger partial charge on any atom is 0.134 e. The highest BCUT2D eigenvalue weighted by atomic mass is 16.5. The molecule has 13 heavy (non-hydrogen) atoms. The predicted octanol–water partition coefficient (Wildman–Crippen LogP) is 2.84. The summed E-state index contributed by atoms with van der Waals surface area (Å²) in [6.45, 7) is 0.663. The molecule has 0 spiro atoms. The van der Waals surface area contributed by atoms with Crippen molar-refractivity contribution in [1.82, 2.24) is 0 Å². The predicted molar refractivity (Wildman–Crippen MR) is 50.7 cm³/mol. The lowest BCUT2D eigenvalue weighted by Crippen LogP contribution is -1.99. The Labute approximate surface area is 75.4 Å². The molecule has 2 nitrogen and oxygen atoms in total. The number of hydrogen-bond acceptors (Lipinski definition) is 2. The molecule has 1 aliphatic heterocycles. The van der Waals surface area contributed by atoms with E-state index in [2.05, 4.69) is 6.08 Å². The summed E-state index contributed by atoms with van der Waals surface area (Å²) >= 11 is 0. The Hall–Kier alpha value is -1.70. The third-order valence-electron chi connectivity index (χ3n) is 2.22. The van der Waals surface area contributed by atoms with Gasteiger partial charge in [-0.15, -0.1) is 0 Å². The van der Waals surface area contributed by atoms with E-state index in [1.807, 2.05) is 24.3 Å². The normalized spacial score (nSPS) is 14.2. The first-order valence-corrected chi connectivity index (χ1v) is 4.24. The van der Waals surface area contributed by atoms with Crippen LogP contribution in [0.4, 0.5) is 0 Å². The van der Waals surface area contributed by atoms with Crippen LogP contribution in [0.2, 0.25) is 0 Å². The van der Waals surface area contributed by atoms with Gasteiger partial charge in [-0.3, -0.25) is 0 Å². The smallest absolute Gasteiger partial charge is 0.134 e. The quantitative estimate of drug-likeness (QED) is 0.609. The first-order valence-electron chi connectivity index (χ1n) is 4.24. The zero-order valence-corrected chi connectivity index (χ0v) is 6.99. The fourth-order valence-corrected chi connectivity index (χ4v) is 1.57. The Morgan fingerprint density at radius 3 is 3.23 bits per heavy atom. The van der Waals surface area contributed by atoms with Crippen LogP contribution in [0.5, 0.6) is 5.75 Å². The molecule has 0 bridgehead atoms. The topological polar surface area (TPSA) is 22.4 Å².